The zero-order valence-corrected chi connectivity index (χ0v) is 22.5. The lowest BCUT2D eigenvalue weighted by Crippen LogP contribution is -2.32. The van der Waals surface area contributed by atoms with Crippen LogP contribution in [-0.2, 0) is 0 Å². The van der Waals surface area contributed by atoms with Crippen LogP contribution >= 0.6 is 11.8 Å². The van der Waals surface area contributed by atoms with Gasteiger partial charge in [0.25, 0.3) is 0 Å². The second-order valence-electron chi connectivity index (χ2n) is 11.4. The average molecular weight is 512 g/mol. The fraction of sp³-hybridized carbons (Fsp3) is 0.278. The topological polar surface area (TPSA) is 3.24 Å². The minimum absolute atomic E-state index is 0.416. The maximum atomic E-state index is 2.67. The van der Waals surface area contributed by atoms with Gasteiger partial charge in [-0.2, -0.15) is 0 Å². The van der Waals surface area contributed by atoms with E-state index in [4.69, 9.17) is 0 Å². The molecular formula is C36H33NS. The van der Waals surface area contributed by atoms with E-state index in [0.29, 0.717) is 29.0 Å². The molecule has 0 saturated carbocycles. The van der Waals surface area contributed by atoms with Crippen molar-refractivity contribution >= 4 is 11.8 Å². The van der Waals surface area contributed by atoms with Gasteiger partial charge < -0.3 is 4.90 Å². The minimum Gasteiger partial charge on any atom is -0.337 e. The van der Waals surface area contributed by atoms with E-state index in [0.717, 1.165) is 32.1 Å². The highest BCUT2D eigenvalue weighted by atomic mass is 32.2. The summed E-state index contributed by atoms with van der Waals surface area (Å²) in [6.07, 6.45) is 41.0. The Morgan fingerprint density at radius 1 is 0.816 bits per heavy atom. The van der Waals surface area contributed by atoms with Gasteiger partial charge in [0.15, 0.2) is 0 Å². The number of rotatable bonds is 3. The first kappa shape index (κ1) is 22.7. The fourth-order valence-electron chi connectivity index (χ4n) is 7.42. The Bertz CT molecular complexity index is 1500. The van der Waals surface area contributed by atoms with Gasteiger partial charge in [-0.25, -0.2) is 0 Å². The molecule has 1 aromatic rings. The van der Waals surface area contributed by atoms with Crippen LogP contribution in [0.1, 0.15) is 55.1 Å². The van der Waals surface area contributed by atoms with Gasteiger partial charge in [-0.15, -0.1) is 11.8 Å². The molecular weight excluding hydrogens is 478 g/mol. The summed E-state index contributed by atoms with van der Waals surface area (Å²) in [5.74, 6) is 1.46. The predicted molar refractivity (Wildman–Crippen MR) is 160 cm³/mol. The van der Waals surface area contributed by atoms with Crippen molar-refractivity contribution in [1.29, 1.82) is 0 Å². The molecule has 0 bridgehead atoms. The van der Waals surface area contributed by atoms with Crippen molar-refractivity contribution < 1.29 is 0 Å². The first-order valence-electron chi connectivity index (χ1n) is 14.3. The van der Waals surface area contributed by atoms with Crippen LogP contribution in [0.3, 0.4) is 0 Å². The van der Waals surface area contributed by atoms with Gasteiger partial charge in [-0.05, 0) is 72.1 Å². The van der Waals surface area contributed by atoms with Crippen LogP contribution in [-0.4, -0.2) is 16.2 Å². The monoisotopic (exact) mass is 511 g/mol. The van der Waals surface area contributed by atoms with E-state index < -0.39 is 0 Å². The molecule has 1 aromatic carbocycles. The average Bonchev–Trinajstić information content (AvgIpc) is 3.53. The van der Waals surface area contributed by atoms with Gasteiger partial charge in [0, 0.05) is 39.3 Å². The zero-order chi connectivity index (χ0) is 25.1. The normalized spacial score (nSPS) is 32.1. The van der Waals surface area contributed by atoms with E-state index >= 15 is 0 Å². The second kappa shape index (κ2) is 9.20. The van der Waals surface area contributed by atoms with Crippen molar-refractivity contribution in [3.63, 3.8) is 0 Å². The molecule has 5 unspecified atom stereocenters. The highest BCUT2D eigenvalue weighted by Gasteiger charge is 2.39. The third-order valence-electron chi connectivity index (χ3n) is 9.26. The third-order valence-corrected chi connectivity index (χ3v) is 10.6. The zero-order valence-electron chi connectivity index (χ0n) is 21.7. The van der Waals surface area contributed by atoms with Gasteiger partial charge in [0.05, 0.1) is 6.04 Å². The molecule has 188 valence electrons. The van der Waals surface area contributed by atoms with Crippen LogP contribution in [0, 0.1) is 5.92 Å². The molecule has 0 N–H and O–H groups in total. The molecule has 38 heavy (non-hydrogen) atoms. The van der Waals surface area contributed by atoms with Crippen LogP contribution in [0.4, 0.5) is 0 Å². The summed E-state index contributed by atoms with van der Waals surface area (Å²) in [6, 6.07) is 7.68. The molecule has 0 saturated heterocycles. The summed E-state index contributed by atoms with van der Waals surface area (Å²) in [5.41, 5.74) is 10.5. The number of benzene rings is 1. The molecule has 0 aromatic heterocycles. The lowest BCUT2D eigenvalue weighted by Gasteiger charge is -2.34. The van der Waals surface area contributed by atoms with Gasteiger partial charge in [0.2, 0.25) is 0 Å². The summed E-state index contributed by atoms with van der Waals surface area (Å²) in [7, 11) is 0. The van der Waals surface area contributed by atoms with Crippen LogP contribution in [0.15, 0.2) is 142 Å². The number of hydrogen-bond acceptors (Lipinski definition) is 2. The second-order valence-corrected chi connectivity index (χ2v) is 12.6. The lowest BCUT2D eigenvalue weighted by molar-refractivity contribution is 0.362. The minimum atomic E-state index is 0.416. The van der Waals surface area contributed by atoms with E-state index in [2.05, 4.69) is 114 Å². The maximum Gasteiger partial charge on any atom is 0.0626 e. The van der Waals surface area contributed by atoms with E-state index in [9.17, 15) is 0 Å². The number of fused-ring (bicyclic) bond motifs is 5. The molecule has 0 fully saturated rings. The molecule has 8 rings (SSSR count). The molecule has 7 aliphatic rings. The first-order valence-corrected chi connectivity index (χ1v) is 15.2. The fourth-order valence-corrected chi connectivity index (χ4v) is 8.74. The Labute approximate surface area is 230 Å². The van der Waals surface area contributed by atoms with Crippen molar-refractivity contribution in [3.05, 3.63) is 149 Å². The smallest absolute Gasteiger partial charge is 0.0626 e. The van der Waals surface area contributed by atoms with Crippen LogP contribution in [0.5, 0.6) is 0 Å². The quantitative estimate of drug-likeness (QED) is 0.398. The summed E-state index contributed by atoms with van der Waals surface area (Å²) in [6.45, 7) is 0. The molecule has 0 amide bonds. The predicted octanol–water partition coefficient (Wildman–Crippen LogP) is 8.97. The molecule has 2 aliphatic heterocycles. The standard InChI is InChI=1S/C36H33NS/c1-4-16-33-29(13-1)30-14-2-5-17-34(30)37(33)28-12-8-11-26(22-28)24-9-7-10-25(21-24)27-19-20-36-32(23-27)31-15-3-6-18-35(31)38-36/h1-4,6-7,9-10,12-16,18-20,22-23,25,29,31,33,35H,5,8,11,17,21H2. The van der Waals surface area contributed by atoms with E-state index in [-0.39, 0.29) is 0 Å². The van der Waals surface area contributed by atoms with E-state index in [1.807, 2.05) is 11.8 Å². The van der Waals surface area contributed by atoms with Crippen LogP contribution in [0.25, 0.3) is 0 Å². The van der Waals surface area contributed by atoms with Crippen molar-refractivity contribution in [2.75, 3.05) is 0 Å². The SMILES string of the molecule is C1=CC(c2ccc3c(c2)C2C=CC=CC2S3)CC(C2=CC(N3C4=C(C=CCC4)C4C=CC=CC43)=CCC2)=C1. The Balaban J connectivity index is 1.06. The summed E-state index contributed by atoms with van der Waals surface area (Å²) >= 11 is 2.02. The maximum absolute atomic E-state index is 2.67. The van der Waals surface area contributed by atoms with Gasteiger partial charge in [-0.1, -0.05) is 97.2 Å². The third kappa shape index (κ3) is 3.68. The Morgan fingerprint density at radius 3 is 2.68 bits per heavy atom. The number of hydrogen-bond donors (Lipinski definition) is 0. The highest BCUT2D eigenvalue weighted by Crippen LogP contribution is 2.50. The van der Waals surface area contributed by atoms with Gasteiger partial charge >= 0.3 is 0 Å². The molecule has 5 aliphatic carbocycles. The Hall–Kier alpha value is -3.23. The Kier molecular flexibility index (Phi) is 5.50. The van der Waals surface area contributed by atoms with Crippen LogP contribution in [0.2, 0.25) is 0 Å². The molecule has 2 heterocycles. The molecule has 1 nitrogen and oxygen atoms in total. The number of allylic oxidation sites excluding steroid dienone is 15. The van der Waals surface area contributed by atoms with Crippen molar-refractivity contribution in [3.8, 4) is 0 Å². The first-order chi connectivity index (χ1) is 18.8. The number of thioether (sulfide) groups is 1. The van der Waals surface area contributed by atoms with Gasteiger partial charge in [0.1, 0.15) is 0 Å². The molecule has 0 spiro atoms. The lowest BCUT2D eigenvalue weighted by atomic mass is 9.81. The Morgan fingerprint density at radius 2 is 1.71 bits per heavy atom. The van der Waals surface area contributed by atoms with E-state index in [1.54, 1.807) is 5.70 Å². The van der Waals surface area contributed by atoms with Crippen molar-refractivity contribution in [2.45, 2.75) is 60.1 Å². The van der Waals surface area contributed by atoms with Crippen molar-refractivity contribution in [1.82, 2.24) is 4.90 Å². The van der Waals surface area contributed by atoms with Gasteiger partial charge in [-0.3, -0.25) is 0 Å². The highest BCUT2D eigenvalue weighted by molar-refractivity contribution is 8.00. The largest absolute Gasteiger partial charge is 0.337 e. The molecule has 0 radical (unpaired) electrons. The van der Waals surface area contributed by atoms with Crippen molar-refractivity contribution in [2.24, 2.45) is 5.92 Å². The molecule has 2 heteroatoms. The summed E-state index contributed by atoms with van der Waals surface area (Å²) in [4.78, 5) is 4.13. The summed E-state index contributed by atoms with van der Waals surface area (Å²) < 4.78 is 0. The number of nitrogens with zero attached hydrogens (tertiary/aromatic N) is 1. The molecule has 5 atom stereocenters. The van der Waals surface area contributed by atoms with Crippen LogP contribution < -0.4 is 0 Å². The summed E-state index contributed by atoms with van der Waals surface area (Å²) in [5, 5.41) is 0.565. The van der Waals surface area contributed by atoms with E-state index in [1.165, 1.54) is 38.4 Å².